The minimum Gasteiger partial charge on any atom is -0.484 e. The number of nitrogens with two attached hydrogens (primary N) is 1. The van der Waals surface area contributed by atoms with E-state index in [0.717, 1.165) is 11.3 Å². The molecule has 2 aromatic carbocycles. The van der Waals surface area contributed by atoms with Gasteiger partial charge in [-0.15, -0.1) is 0 Å². The summed E-state index contributed by atoms with van der Waals surface area (Å²) in [7, 11) is 1.93. The second-order valence-electron chi connectivity index (χ2n) is 5.33. The first-order valence-corrected chi connectivity index (χ1v) is 7.20. The predicted molar refractivity (Wildman–Crippen MR) is 86.2 cm³/mol. The normalized spacial score (nSPS) is 16.5. The molecule has 118 valence electrons. The van der Waals surface area contributed by atoms with Crippen molar-refractivity contribution in [1.82, 2.24) is 5.32 Å². The van der Waals surface area contributed by atoms with Crippen LogP contribution in [-0.2, 0) is 4.79 Å². The molecule has 0 aromatic heterocycles. The van der Waals surface area contributed by atoms with Gasteiger partial charge in [-0.25, -0.2) is 0 Å². The largest absolute Gasteiger partial charge is 0.484 e. The Hall–Kier alpha value is -3.02. The number of benzene rings is 2. The number of nitrogens with zero attached hydrogens (tertiary/aromatic N) is 1. The van der Waals surface area contributed by atoms with Crippen LogP contribution in [0.2, 0.25) is 0 Å². The average molecular weight is 311 g/mol. The van der Waals surface area contributed by atoms with Gasteiger partial charge in [0, 0.05) is 7.05 Å². The Labute approximate surface area is 133 Å². The second kappa shape index (κ2) is 6.00. The fraction of sp³-hybridized carbons (Fsp3) is 0.176. The summed E-state index contributed by atoms with van der Waals surface area (Å²) in [5, 5.41) is 2.98. The summed E-state index contributed by atoms with van der Waals surface area (Å²) in [4.78, 5) is 25.0. The molecule has 1 atom stereocenters. The van der Waals surface area contributed by atoms with E-state index in [1.807, 2.05) is 42.3 Å². The molecule has 1 unspecified atom stereocenters. The van der Waals surface area contributed by atoms with E-state index in [4.69, 9.17) is 10.5 Å². The van der Waals surface area contributed by atoms with E-state index in [2.05, 4.69) is 5.32 Å². The third-order valence-corrected chi connectivity index (χ3v) is 3.76. The standard InChI is InChI=1S/C17H17N3O3/c1-20-14-5-3-2-4-13(14)17(22)19-16(20)11-6-8-12(9-7-11)23-10-15(18)21/h2-9,16H,10H2,1H3,(H2,18,21)(H,19,22). The van der Waals surface area contributed by atoms with Crippen molar-refractivity contribution in [3.63, 3.8) is 0 Å². The Kier molecular flexibility index (Phi) is 3.89. The maximum atomic E-state index is 12.2. The molecular weight excluding hydrogens is 294 g/mol. The van der Waals surface area contributed by atoms with Crippen molar-refractivity contribution in [1.29, 1.82) is 0 Å². The Morgan fingerprint density at radius 1 is 1.22 bits per heavy atom. The van der Waals surface area contributed by atoms with Crippen molar-refractivity contribution in [3.05, 3.63) is 59.7 Å². The summed E-state index contributed by atoms with van der Waals surface area (Å²) in [6.45, 7) is -0.160. The third kappa shape index (κ3) is 2.96. The van der Waals surface area contributed by atoms with Gasteiger partial charge in [0.15, 0.2) is 6.61 Å². The van der Waals surface area contributed by atoms with Gasteiger partial charge < -0.3 is 20.7 Å². The highest BCUT2D eigenvalue weighted by Gasteiger charge is 2.28. The van der Waals surface area contributed by atoms with Crippen molar-refractivity contribution in [2.24, 2.45) is 5.73 Å². The fourth-order valence-corrected chi connectivity index (χ4v) is 2.62. The van der Waals surface area contributed by atoms with Crippen LogP contribution in [0.5, 0.6) is 5.75 Å². The topological polar surface area (TPSA) is 84.7 Å². The van der Waals surface area contributed by atoms with Gasteiger partial charge in [0.25, 0.3) is 11.8 Å². The molecular formula is C17H17N3O3. The van der Waals surface area contributed by atoms with E-state index < -0.39 is 5.91 Å². The Bertz CT molecular complexity index is 743. The van der Waals surface area contributed by atoms with Crippen LogP contribution < -0.4 is 20.7 Å². The summed E-state index contributed by atoms with van der Waals surface area (Å²) in [5.41, 5.74) is 7.51. The summed E-state index contributed by atoms with van der Waals surface area (Å²) in [5.74, 6) is -0.0690. The molecule has 1 aliphatic heterocycles. The lowest BCUT2D eigenvalue weighted by Crippen LogP contribution is -2.44. The molecule has 0 spiro atoms. The zero-order valence-electron chi connectivity index (χ0n) is 12.7. The molecule has 0 fully saturated rings. The molecule has 3 N–H and O–H groups in total. The molecule has 6 nitrogen and oxygen atoms in total. The highest BCUT2D eigenvalue weighted by atomic mass is 16.5. The summed E-state index contributed by atoms with van der Waals surface area (Å²) >= 11 is 0. The van der Waals surface area contributed by atoms with Gasteiger partial charge >= 0.3 is 0 Å². The van der Waals surface area contributed by atoms with E-state index >= 15 is 0 Å². The van der Waals surface area contributed by atoms with E-state index in [1.54, 1.807) is 18.2 Å². The quantitative estimate of drug-likeness (QED) is 0.894. The number of carbonyl (C=O) groups excluding carboxylic acids is 2. The number of carbonyl (C=O) groups is 2. The fourth-order valence-electron chi connectivity index (χ4n) is 2.62. The van der Waals surface area contributed by atoms with Crippen molar-refractivity contribution in [2.75, 3.05) is 18.6 Å². The van der Waals surface area contributed by atoms with Gasteiger partial charge in [-0.1, -0.05) is 24.3 Å². The smallest absolute Gasteiger partial charge is 0.255 e. The number of nitrogens with one attached hydrogen (secondary N) is 1. The van der Waals surface area contributed by atoms with Crippen LogP contribution in [0, 0.1) is 0 Å². The molecule has 0 saturated heterocycles. The average Bonchev–Trinajstić information content (AvgIpc) is 2.57. The molecule has 6 heteroatoms. The highest BCUT2D eigenvalue weighted by Crippen LogP contribution is 2.31. The number of para-hydroxylation sites is 1. The van der Waals surface area contributed by atoms with Gasteiger partial charge in [0.1, 0.15) is 11.9 Å². The van der Waals surface area contributed by atoms with Gasteiger partial charge in [0.2, 0.25) is 0 Å². The van der Waals surface area contributed by atoms with Crippen LogP contribution in [0.1, 0.15) is 22.1 Å². The molecule has 1 aliphatic rings. The minimum absolute atomic E-state index is 0.0993. The van der Waals surface area contributed by atoms with Crippen LogP contribution in [0.4, 0.5) is 5.69 Å². The van der Waals surface area contributed by atoms with Crippen LogP contribution in [-0.4, -0.2) is 25.5 Å². The van der Waals surface area contributed by atoms with Gasteiger partial charge in [-0.2, -0.15) is 0 Å². The van der Waals surface area contributed by atoms with Crippen LogP contribution in [0.3, 0.4) is 0 Å². The summed E-state index contributed by atoms with van der Waals surface area (Å²) in [6.07, 6.45) is -0.261. The third-order valence-electron chi connectivity index (χ3n) is 3.76. The van der Waals surface area contributed by atoms with Crippen molar-refractivity contribution in [2.45, 2.75) is 6.17 Å². The summed E-state index contributed by atoms with van der Waals surface area (Å²) < 4.78 is 5.24. The molecule has 3 rings (SSSR count). The van der Waals surface area contributed by atoms with Crippen molar-refractivity contribution >= 4 is 17.5 Å². The highest BCUT2D eigenvalue weighted by molar-refractivity contribution is 6.01. The molecule has 0 aliphatic carbocycles. The first-order valence-electron chi connectivity index (χ1n) is 7.20. The lowest BCUT2D eigenvalue weighted by molar-refractivity contribution is -0.119. The number of hydrogen-bond acceptors (Lipinski definition) is 4. The van der Waals surface area contributed by atoms with Gasteiger partial charge in [0.05, 0.1) is 11.3 Å². The number of rotatable bonds is 4. The van der Waals surface area contributed by atoms with Crippen molar-refractivity contribution < 1.29 is 14.3 Å². The maximum Gasteiger partial charge on any atom is 0.255 e. The number of amides is 2. The molecule has 0 bridgehead atoms. The molecule has 0 saturated carbocycles. The number of fused-ring (bicyclic) bond motifs is 1. The Morgan fingerprint density at radius 2 is 1.91 bits per heavy atom. The van der Waals surface area contributed by atoms with Crippen LogP contribution in [0.15, 0.2) is 48.5 Å². The van der Waals surface area contributed by atoms with Crippen LogP contribution in [0.25, 0.3) is 0 Å². The molecule has 0 radical (unpaired) electrons. The zero-order valence-corrected chi connectivity index (χ0v) is 12.7. The lowest BCUT2D eigenvalue weighted by Gasteiger charge is -2.36. The monoisotopic (exact) mass is 311 g/mol. The number of hydrogen-bond donors (Lipinski definition) is 2. The first kappa shape index (κ1) is 14.9. The Balaban J connectivity index is 1.82. The predicted octanol–water partition coefficient (Wildman–Crippen LogP) is 1.43. The van der Waals surface area contributed by atoms with E-state index in [1.165, 1.54) is 0 Å². The summed E-state index contributed by atoms with van der Waals surface area (Å²) in [6, 6.07) is 14.7. The van der Waals surface area contributed by atoms with E-state index in [0.29, 0.717) is 11.3 Å². The number of primary amides is 1. The molecule has 1 heterocycles. The van der Waals surface area contributed by atoms with Crippen molar-refractivity contribution in [3.8, 4) is 5.75 Å². The number of anilines is 1. The van der Waals surface area contributed by atoms with E-state index in [9.17, 15) is 9.59 Å². The van der Waals surface area contributed by atoms with Gasteiger partial charge in [-0.05, 0) is 29.8 Å². The lowest BCUT2D eigenvalue weighted by atomic mass is 10.0. The zero-order chi connectivity index (χ0) is 16.4. The van der Waals surface area contributed by atoms with Crippen LogP contribution >= 0.6 is 0 Å². The second-order valence-corrected chi connectivity index (χ2v) is 5.33. The first-order chi connectivity index (χ1) is 11.1. The maximum absolute atomic E-state index is 12.2. The molecule has 23 heavy (non-hydrogen) atoms. The molecule has 2 aromatic rings. The van der Waals surface area contributed by atoms with Gasteiger partial charge in [-0.3, -0.25) is 9.59 Å². The van der Waals surface area contributed by atoms with E-state index in [-0.39, 0.29) is 18.7 Å². The molecule has 2 amide bonds. The minimum atomic E-state index is -0.523. The Morgan fingerprint density at radius 3 is 2.61 bits per heavy atom. The SMILES string of the molecule is CN1c2ccccc2C(=O)NC1c1ccc(OCC(N)=O)cc1. The number of ether oxygens (including phenoxy) is 1.